The smallest absolute Gasteiger partial charge is 0.332 e. The van der Waals surface area contributed by atoms with Crippen LogP contribution in [0.1, 0.15) is 73.8 Å². The van der Waals surface area contributed by atoms with Gasteiger partial charge in [-0.1, -0.05) is 107 Å². The number of H-pyrrole nitrogens is 2. The van der Waals surface area contributed by atoms with Gasteiger partial charge in [0.15, 0.2) is 47.7 Å². The van der Waals surface area contributed by atoms with Crippen LogP contribution in [0.5, 0.6) is 0 Å². The van der Waals surface area contributed by atoms with E-state index in [4.69, 9.17) is 5.11 Å². The first-order valence-electron chi connectivity index (χ1n) is 30.0. The van der Waals surface area contributed by atoms with Crippen molar-refractivity contribution in [1.82, 2.24) is 66.0 Å². The number of aromatic amines is 2. The molecule has 1 aliphatic heterocycles. The van der Waals surface area contributed by atoms with Gasteiger partial charge in [-0.3, -0.25) is 56.5 Å². The molecule has 0 atom stereocenters. The zero-order chi connectivity index (χ0) is 71.8. The molecule has 3 N–H and O–H groups in total. The molecular weight excluding hydrogens is 1680 g/mol. The summed E-state index contributed by atoms with van der Waals surface area (Å²) in [6, 6.07) is 24.4. The largest absolute Gasteiger partial charge is 0.396 e. The molecule has 0 bridgehead atoms. The minimum absolute atomic E-state index is 0.119. The van der Waals surface area contributed by atoms with Crippen molar-refractivity contribution in [2.45, 2.75) is 90.4 Å². The van der Waals surface area contributed by atoms with Gasteiger partial charge in [0, 0.05) is 65.0 Å². The normalized spacial score (nSPS) is 11.4. The van der Waals surface area contributed by atoms with Crippen LogP contribution >= 0.6 is 95.6 Å². The van der Waals surface area contributed by atoms with E-state index in [-0.39, 0.29) is 75.6 Å². The predicted octanol–water partition coefficient (Wildman–Crippen LogP) is 10.2. The number of imidazole rings is 3. The third kappa shape index (κ3) is 19.0. The van der Waals surface area contributed by atoms with Crippen LogP contribution in [-0.2, 0) is 72.7 Å². The highest BCUT2D eigenvalue weighted by Crippen LogP contribution is 2.24. The van der Waals surface area contributed by atoms with Gasteiger partial charge in [0.2, 0.25) is 0 Å². The molecule has 0 fully saturated rings. The highest BCUT2D eigenvalue weighted by atomic mass is 79.9. The van der Waals surface area contributed by atoms with Gasteiger partial charge in [-0.2, -0.15) is 0 Å². The molecule has 0 saturated carbocycles. The van der Waals surface area contributed by atoms with E-state index < -0.39 is 28.2 Å². The van der Waals surface area contributed by atoms with Gasteiger partial charge in [-0.25, -0.2) is 56.7 Å². The molecule has 11 aromatic rings. The lowest BCUT2D eigenvalue weighted by Gasteiger charge is -2.10. The molecule has 0 unspecified atom stereocenters. The van der Waals surface area contributed by atoms with Crippen LogP contribution in [0.25, 0.3) is 33.5 Å². The van der Waals surface area contributed by atoms with E-state index in [0.717, 1.165) is 50.3 Å². The summed E-state index contributed by atoms with van der Waals surface area (Å²) in [6.07, 6.45) is 4.98. The number of hydrogen-bond donors (Lipinski definition) is 3. The van der Waals surface area contributed by atoms with Crippen LogP contribution in [0.15, 0.2) is 155 Å². The molecular formula is C64H65Br6F4N15O9. The molecule has 0 amide bonds. The fraction of sp³-hybridized carbons (Fsp3) is 0.312. The van der Waals surface area contributed by atoms with Gasteiger partial charge in [0.25, 0.3) is 22.2 Å². The number of hydrogen-bond acceptors (Lipinski definition) is 13. The van der Waals surface area contributed by atoms with Crippen LogP contribution in [0.3, 0.4) is 0 Å². The summed E-state index contributed by atoms with van der Waals surface area (Å²) in [5, 5.41) is 10.9. The maximum absolute atomic E-state index is 13.1. The topological polar surface area (TPSA) is 284 Å². The molecule has 7 aromatic heterocycles. The first kappa shape index (κ1) is 77.6. The van der Waals surface area contributed by atoms with Gasteiger partial charge in [-0.05, 0) is 154 Å². The van der Waals surface area contributed by atoms with Gasteiger partial charge < -0.3 is 18.8 Å². The van der Waals surface area contributed by atoms with E-state index in [1.165, 1.54) is 91.3 Å². The number of fused-ring (bicyclic) bond motifs is 4. The first-order chi connectivity index (χ1) is 46.7. The van der Waals surface area contributed by atoms with Crippen molar-refractivity contribution in [2.75, 3.05) is 11.9 Å². The summed E-state index contributed by atoms with van der Waals surface area (Å²) in [5.41, 5.74) is 2.37. The van der Waals surface area contributed by atoms with E-state index in [9.17, 15) is 55.9 Å². The van der Waals surface area contributed by atoms with E-state index >= 15 is 0 Å². The number of rotatable bonds is 15. The van der Waals surface area contributed by atoms with Gasteiger partial charge >= 0.3 is 22.8 Å². The predicted molar refractivity (Wildman–Crippen MR) is 390 cm³/mol. The van der Waals surface area contributed by atoms with Gasteiger partial charge in [0.1, 0.15) is 29.1 Å². The first-order valence-corrected chi connectivity index (χ1v) is 35.4. The lowest BCUT2D eigenvalue weighted by Crippen LogP contribution is -2.39. The third-order valence-electron chi connectivity index (χ3n) is 14.9. The van der Waals surface area contributed by atoms with Crippen LogP contribution in [0.4, 0.5) is 23.4 Å². The molecule has 34 heteroatoms. The SMILES string of the molecule is CCCCBr.CCCCn1c(=O)c2c(nc(Br)n2Cc2ccc(F)cc2)n(C)c1=O.Cn1c(=O)[nH]c(=O)c2c1nc(Br)n2Cc1ccc(F)cc1.Cn1c(=O)n(CCCO)c(=O)c2c1nc(Br)n2Cc1ccc(F)cc1.Cn1c2c(c(=O)[nH]c1=O)CC(Br)=N2.Fc1ccc(CBr)cc1. The maximum atomic E-state index is 13.1. The highest BCUT2D eigenvalue weighted by Gasteiger charge is 2.23. The average molecular weight is 1740 g/mol. The number of nitrogens with zero attached hydrogens (tertiary/aromatic N) is 13. The summed E-state index contributed by atoms with van der Waals surface area (Å²) in [4.78, 5) is 118. The fourth-order valence-corrected chi connectivity index (χ4v) is 12.3. The molecule has 0 saturated heterocycles. The number of nitrogens with one attached hydrogen (secondary N) is 2. The fourth-order valence-electron chi connectivity index (χ4n) is 9.55. The second-order valence-corrected chi connectivity index (χ2v) is 26.1. The van der Waals surface area contributed by atoms with Crippen LogP contribution in [0, 0.1) is 23.3 Å². The standard InChI is InChI=1S/C17H18BrFN4O2.C16H16BrFN4O3.C13H10BrFN4O2.C7H6BrF.C7H6BrN3O2.C4H9Br/c1-3-4-9-22-15(24)13-14(21(2)17(22)25)20-16(18)23(13)10-11-5-7-12(19)8-6-11;1-20-13-12(14(24)21(16(20)25)7-2-8-23)22(15(17)19-13)9-10-3-5-11(18)6-4-10;1-18-10-9(11(20)17-13(18)21)19(12(14)16-10)6-7-2-4-8(15)5-3-7;8-5-6-1-3-7(9)4-2-6;1-11-5-3(2-4(8)9-5)6(12)10-7(11)13;1-2-3-4-5/h5-8H,3-4,9-10H2,1-2H3;3-6,23H,2,7-9H2,1H3;2-5H,6H2,1H3,(H,17,20,21);1-4H,5H2;2H2,1H3,(H,10,12,13);2-4H2,1H3. The van der Waals surface area contributed by atoms with Crippen LogP contribution in [-0.4, -0.2) is 87.7 Å². The van der Waals surface area contributed by atoms with Gasteiger partial charge in [0.05, 0.1) is 29.8 Å². The molecule has 0 aliphatic carbocycles. The second-order valence-electron chi connectivity index (χ2n) is 21.7. The van der Waals surface area contributed by atoms with Crippen molar-refractivity contribution in [3.63, 3.8) is 0 Å². The number of aliphatic imine (C=N–C) groups is 1. The van der Waals surface area contributed by atoms with Crippen molar-refractivity contribution in [1.29, 1.82) is 0 Å². The number of alkyl halides is 2. The van der Waals surface area contributed by atoms with Crippen molar-refractivity contribution in [2.24, 2.45) is 33.2 Å². The van der Waals surface area contributed by atoms with Crippen molar-refractivity contribution in [3.8, 4) is 0 Å². The van der Waals surface area contributed by atoms with Gasteiger partial charge in [-0.15, -0.1) is 0 Å². The quantitative estimate of drug-likeness (QED) is 0.0491. The van der Waals surface area contributed by atoms with Crippen molar-refractivity contribution < 1.29 is 22.7 Å². The van der Waals surface area contributed by atoms with E-state index in [1.807, 2.05) is 6.92 Å². The lowest BCUT2D eigenvalue weighted by atomic mass is 10.2. The molecule has 1 aliphatic rings. The second kappa shape index (κ2) is 35.8. The Bertz CT molecular complexity index is 5000. The molecule has 98 heavy (non-hydrogen) atoms. The highest BCUT2D eigenvalue weighted by molar-refractivity contribution is 9.18. The summed E-state index contributed by atoms with van der Waals surface area (Å²) in [6.45, 7) is 5.54. The lowest BCUT2D eigenvalue weighted by molar-refractivity contribution is 0.277. The summed E-state index contributed by atoms with van der Waals surface area (Å²) in [7, 11) is 6.25. The Morgan fingerprint density at radius 2 is 0.816 bits per heavy atom. The van der Waals surface area contributed by atoms with Crippen molar-refractivity contribution >= 4 is 140 Å². The van der Waals surface area contributed by atoms with Crippen LogP contribution < -0.4 is 45.0 Å². The number of aliphatic hydroxyl groups excluding tert-OH is 1. The molecule has 12 rings (SSSR count). The Morgan fingerprint density at radius 3 is 1.18 bits per heavy atom. The Hall–Kier alpha value is -7.76. The molecule has 0 radical (unpaired) electrons. The minimum atomic E-state index is -0.522. The zero-order valence-electron chi connectivity index (χ0n) is 53.4. The van der Waals surface area contributed by atoms with E-state index in [2.05, 4.69) is 132 Å². The zero-order valence-corrected chi connectivity index (χ0v) is 63.0. The Balaban J connectivity index is 0.000000175. The number of benzene rings is 4. The molecule has 4 aromatic carbocycles. The Morgan fingerprint density at radius 1 is 0.459 bits per heavy atom. The number of unbranched alkanes of at least 4 members (excludes halogenated alkanes) is 2. The average Bonchev–Trinajstić information content (AvgIpc) is 1.59. The summed E-state index contributed by atoms with van der Waals surface area (Å²) < 4.78 is 65.9. The Kier molecular flexibility index (Phi) is 28.4. The van der Waals surface area contributed by atoms with E-state index in [1.54, 1.807) is 83.4 Å². The minimum Gasteiger partial charge on any atom is -0.396 e. The molecule has 520 valence electrons. The summed E-state index contributed by atoms with van der Waals surface area (Å²) >= 11 is 19.7. The molecule has 24 nitrogen and oxygen atoms in total. The maximum Gasteiger partial charge on any atom is 0.332 e. The number of aromatic nitrogens is 14. The number of aryl methyl sites for hydroxylation is 3. The number of aliphatic hydroxyl groups is 1. The van der Waals surface area contributed by atoms with Crippen LogP contribution in [0.2, 0.25) is 0 Å². The molecule has 0 spiro atoms. The third-order valence-corrected chi connectivity index (χ3v) is 18.3. The van der Waals surface area contributed by atoms with E-state index in [0.29, 0.717) is 80.4 Å². The van der Waals surface area contributed by atoms with Crippen molar-refractivity contribution in [3.05, 3.63) is 246 Å². The molecule has 8 heterocycles. The number of halogens is 10. The Labute approximate surface area is 604 Å². The monoisotopic (exact) mass is 1740 g/mol. The summed E-state index contributed by atoms with van der Waals surface area (Å²) in [5.74, 6) is -0.719.